The molecular weight excluding hydrogens is 150 g/mol. The molecule has 1 aliphatic carbocycles. The summed E-state index contributed by atoms with van der Waals surface area (Å²) in [6.45, 7) is 2.05. The van der Waals surface area contributed by atoms with Crippen LogP contribution < -0.4 is 5.73 Å². The summed E-state index contributed by atoms with van der Waals surface area (Å²) in [5.41, 5.74) is 8.04. The first kappa shape index (κ1) is 7.65. The lowest BCUT2D eigenvalue weighted by atomic mass is 10.0. The Hall–Kier alpha value is -0.990. The van der Waals surface area contributed by atoms with Gasteiger partial charge >= 0.3 is 0 Å². The summed E-state index contributed by atoms with van der Waals surface area (Å²) < 4.78 is 0. The van der Waals surface area contributed by atoms with Gasteiger partial charge in [-0.2, -0.15) is 5.10 Å². The molecule has 2 rings (SSSR count). The number of nitrogens with one attached hydrogen (secondary N) is 1. The van der Waals surface area contributed by atoms with Gasteiger partial charge in [-0.25, -0.2) is 0 Å². The molecule has 0 aromatic carbocycles. The van der Waals surface area contributed by atoms with Crippen LogP contribution in [0.3, 0.4) is 0 Å². The number of hydrogen-bond donors (Lipinski definition) is 2. The minimum Gasteiger partial charge on any atom is -0.384 e. The molecule has 1 fully saturated rings. The molecule has 12 heavy (non-hydrogen) atoms. The number of rotatable bonds is 1. The average molecular weight is 165 g/mol. The quantitative estimate of drug-likeness (QED) is 0.668. The zero-order chi connectivity index (χ0) is 8.55. The Labute approximate surface area is 72.4 Å². The Morgan fingerprint density at radius 3 is 2.58 bits per heavy atom. The topological polar surface area (TPSA) is 54.7 Å². The zero-order valence-corrected chi connectivity index (χ0v) is 7.43. The maximum atomic E-state index is 5.69. The predicted octanol–water partition coefficient (Wildman–Crippen LogP) is 1.96. The van der Waals surface area contributed by atoms with E-state index < -0.39 is 0 Å². The summed E-state index contributed by atoms with van der Waals surface area (Å²) in [6.07, 6.45) is 5.25. The first-order valence-corrected chi connectivity index (χ1v) is 4.59. The number of H-pyrrole nitrogens is 1. The molecule has 1 aromatic rings. The molecule has 0 radical (unpaired) electrons. The fourth-order valence-corrected chi connectivity index (χ4v) is 2.02. The minimum absolute atomic E-state index is 0.665. The molecule has 0 amide bonds. The van der Waals surface area contributed by atoms with E-state index in [1.807, 2.05) is 6.92 Å². The van der Waals surface area contributed by atoms with Crippen LogP contribution in [-0.4, -0.2) is 10.2 Å². The van der Waals surface area contributed by atoms with Gasteiger partial charge in [-0.1, -0.05) is 12.8 Å². The number of anilines is 1. The number of aromatic amines is 1. The molecule has 0 aliphatic heterocycles. The Balaban J connectivity index is 2.26. The average Bonchev–Trinajstić information content (AvgIpc) is 2.64. The molecular formula is C9H15N3. The highest BCUT2D eigenvalue weighted by Crippen LogP contribution is 2.35. The Bertz CT molecular complexity index is 271. The summed E-state index contributed by atoms with van der Waals surface area (Å²) >= 11 is 0. The van der Waals surface area contributed by atoms with Crippen LogP contribution in [0, 0.1) is 6.92 Å². The highest BCUT2D eigenvalue weighted by Gasteiger charge is 2.21. The lowest BCUT2D eigenvalue weighted by Gasteiger charge is -2.05. The maximum absolute atomic E-state index is 5.69. The second kappa shape index (κ2) is 2.81. The molecule has 3 N–H and O–H groups in total. The van der Waals surface area contributed by atoms with Crippen molar-refractivity contribution in [3.05, 3.63) is 11.3 Å². The van der Waals surface area contributed by atoms with Crippen LogP contribution in [0.15, 0.2) is 0 Å². The van der Waals surface area contributed by atoms with Crippen molar-refractivity contribution in [1.29, 1.82) is 0 Å². The van der Waals surface area contributed by atoms with Gasteiger partial charge in [0.15, 0.2) is 0 Å². The standard InChI is InChI=1S/C9H15N3/c1-6-8(11-12-9(6)10)7-4-2-3-5-7/h7H,2-5H2,1H3,(H3,10,11,12). The van der Waals surface area contributed by atoms with Crippen LogP contribution >= 0.6 is 0 Å². The summed E-state index contributed by atoms with van der Waals surface area (Å²) in [4.78, 5) is 0. The summed E-state index contributed by atoms with van der Waals surface area (Å²) in [5, 5.41) is 7.09. The highest BCUT2D eigenvalue weighted by molar-refractivity contribution is 5.42. The highest BCUT2D eigenvalue weighted by atomic mass is 15.2. The predicted molar refractivity (Wildman–Crippen MR) is 48.9 cm³/mol. The second-order valence-corrected chi connectivity index (χ2v) is 3.63. The maximum Gasteiger partial charge on any atom is 0.122 e. The molecule has 1 aromatic heterocycles. The van der Waals surface area contributed by atoms with Crippen LogP contribution in [0.5, 0.6) is 0 Å². The van der Waals surface area contributed by atoms with E-state index in [0.29, 0.717) is 5.92 Å². The van der Waals surface area contributed by atoms with Gasteiger partial charge in [0, 0.05) is 11.5 Å². The van der Waals surface area contributed by atoms with Gasteiger partial charge in [0.25, 0.3) is 0 Å². The molecule has 66 valence electrons. The van der Waals surface area contributed by atoms with Crippen molar-refractivity contribution < 1.29 is 0 Å². The lowest BCUT2D eigenvalue weighted by molar-refractivity contribution is 0.689. The van der Waals surface area contributed by atoms with Crippen molar-refractivity contribution in [2.75, 3.05) is 5.73 Å². The largest absolute Gasteiger partial charge is 0.384 e. The van der Waals surface area contributed by atoms with Crippen LogP contribution in [0.25, 0.3) is 0 Å². The molecule has 1 aliphatic rings. The molecule has 3 heteroatoms. The number of hydrogen-bond acceptors (Lipinski definition) is 2. The van der Waals surface area contributed by atoms with Gasteiger partial charge in [-0.15, -0.1) is 0 Å². The summed E-state index contributed by atoms with van der Waals surface area (Å²) in [5.74, 6) is 1.40. The zero-order valence-electron chi connectivity index (χ0n) is 7.43. The van der Waals surface area contributed by atoms with Crippen molar-refractivity contribution in [1.82, 2.24) is 10.2 Å². The fourth-order valence-electron chi connectivity index (χ4n) is 2.02. The van der Waals surface area contributed by atoms with Crippen LogP contribution in [-0.2, 0) is 0 Å². The number of nitrogen functional groups attached to an aromatic ring is 1. The fraction of sp³-hybridized carbons (Fsp3) is 0.667. The van der Waals surface area contributed by atoms with E-state index >= 15 is 0 Å². The SMILES string of the molecule is Cc1c(C2CCCC2)n[nH]c1N. The lowest BCUT2D eigenvalue weighted by Crippen LogP contribution is -1.95. The van der Waals surface area contributed by atoms with Crippen LogP contribution in [0.1, 0.15) is 42.9 Å². The molecule has 0 atom stereocenters. The normalized spacial score (nSPS) is 18.8. The van der Waals surface area contributed by atoms with Crippen LogP contribution in [0.2, 0.25) is 0 Å². The Morgan fingerprint density at radius 1 is 1.42 bits per heavy atom. The molecule has 0 unspecified atom stereocenters. The smallest absolute Gasteiger partial charge is 0.122 e. The van der Waals surface area contributed by atoms with Gasteiger partial charge in [-0.05, 0) is 19.8 Å². The third-order valence-electron chi connectivity index (χ3n) is 2.83. The Kier molecular flexibility index (Phi) is 1.79. The van der Waals surface area contributed by atoms with E-state index in [1.165, 1.54) is 31.4 Å². The molecule has 0 saturated heterocycles. The van der Waals surface area contributed by atoms with Gasteiger partial charge in [0.05, 0.1) is 5.69 Å². The van der Waals surface area contributed by atoms with Gasteiger partial charge in [0.1, 0.15) is 5.82 Å². The first-order valence-electron chi connectivity index (χ1n) is 4.59. The summed E-state index contributed by atoms with van der Waals surface area (Å²) in [6, 6.07) is 0. The van der Waals surface area contributed by atoms with Crippen molar-refractivity contribution in [2.24, 2.45) is 0 Å². The van der Waals surface area contributed by atoms with Crippen molar-refractivity contribution >= 4 is 5.82 Å². The monoisotopic (exact) mass is 165 g/mol. The van der Waals surface area contributed by atoms with E-state index in [-0.39, 0.29) is 0 Å². The summed E-state index contributed by atoms with van der Waals surface area (Å²) in [7, 11) is 0. The molecule has 0 bridgehead atoms. The van der Waals surface area contributed by atoms with Crippen LogP contribution in [0.4, 0.5) is 5.82 Å². The van der Waals surface area contributed by atoms with E-state index in [9.17, 15) is 0 Å². The van der Waals surface area contributed by atoms with Gasteiger partial charge in [-0.3, -0.25) is 5.10 Å². The number of aromatic nitrogens is 2. The molecule has 1 saturated carbocycles. The second-order valence-electron chi connectivity index (χ2n) is 3.63. The number of nitrogens with two attached hydrogens (primary N) is 1. The van der Waals surface area contributed by atoms with Gasteiger partial charge in [0.2, 0.25) is 0 Å². The molecule has 3 nitrogen and oxygen atoms in total. The molecule has 1 heterocycles. The van der Waals surface area contributed by atoms with E-state index in [2.05, 4.69) is 10.2 Å². The third kappa shape index (κ3) is 1.09. The van der Waals surface area contributed by atoms with Gasteiger partial charge < -0.3 is 5.73 Å². The number of nitrogens with zero attached hydrogens (tertiary/aromatic N) is 1. The minimum atomic E-state index is 0.665. The first-order chi connectivity index (χ1) is 5.79. The van der Waals surface area contributed by atoms with E-state index in [0.717, 1.165) is 11.4 Å². The van der Waals surface area contributed by atoms with Crippen molar-refractivity contribution in [2.45, 2.75) is 38.5 Å². The third-order valence-corrected chi connectivity index (χ3v) is 2.83. The molecule has 0 spiro atoms. The van der Waals surface area contributed by atoms with E-state index in [1.54, 1.807) is 0 Å². The van der Waals surface area contributed by atoms with E-state index in [4.69, 9.17) is 5.73 Å². The van der Waals surface area contributed by atoms with Crippen molar-refractivity contribution in [3.63, 3.8) is 0 Å². The Morgan fingerprint density at radius 2 is 2.08 bits per heavy atom. The van der Waals surface area contributed by atoms with Crippen molar-refractivity contribution in [3.8, 4) is 0 Å².